The van der Waals surface area contributed by atoms with Crippen LogP contribution in [-0.2, 0) is 11.2 Å². The van der Waals surface area contributed by atoms with Crippen LogP contribution in [0.2, 0.25) is 0 Å². The lowest BCUT2D eigenvalue weighted by molar-refractivity contribution is -0.118. The van der Waals surface area contributed by atoms with E-state index in [-0.39, 0.29) is 12.3 Å². The van der Waals surface area contributed by atoms with Crippen molar-refractivity contribution in [2.24, 2.45) is 5.73 Å². The van der Waals surface area contributed by atoms with E-state index < -0.39 is 0 Å². The molecule has 4 N–H and O–H groups in total. The molecule has 0 aliphatic heterocycles. The first-order chi connectivity index (χ1) is 5.20. The van der Waals surface area contributed by atoms with E-state index in [1.54, 1.807) is 0 Å². The van der Waals surface area contributed by atoms with Gasteiger partial charge in [0.1, 0.15) is 6.33 Å². The Morgan fingerprint density at radius 2 is 2.45 bits per heavy atom. The predicted molar refractivity (Wildman–Crippen MR) is 37.7 cm³/mol. The molecule has 1 rings (SSSR count). The third-order valence-electron chi connectivity index (χ3n) is 1.24. The van der Waals surface area contributed by atoms with Gasteiger partial charge in [0.05, 0.1) is 0 Å². The summed E-state index contributed by atoms with van der Waals surface area (Å²) in [7, 11) is 0. The number of carbonyl (C=O) groups excluding carboxylic acids is 1. The van der Waals surface area contributed by atoms with Crippen LogP contribution in [-0.4, -0.2) is 20.8 Å². The van der Waals surface area contributed by atoms with E-state index in [9.17, 15) is 4.79 Å². The third-order valence-corrected chi connectivity index (χ3v) is 1.24. The molecule has 0 saturated carbocycles. The SMILES string of the molecule is NC(=O)CCc1nncn1N. The van der Waals surface area contributed by atoms with E-state index in [4.69, 9.17) is 11.6 Å². The van der Waals surface area contributed by atoms with Crippen molar-refractivity contribution in [1.82, 2.24) is 14.9 Å². The fourth-order valence-electron chi connectivity index (χ4n) is 0.680. The Morgan fingerprint density at radius 1 is 1.73 bits per heavy atom. The first kappa shape index (κ1) is 7.52. The van der Waals surface area contributed by atoms with E-state index in [0.717, 1.165) is 0 Å². The Morgan fingerprint density at radius 3 is 2.91 bits per heavy atom. The minimum atomic E-state index is -0.368. The summed E-state index contributed by atoms with van der Waals surface area (Å²) in [4.78, 5) is 10.3. The van der Waals surface area contributed by atoms with Crippen LogP contribution in [0, 0.1) is 0 Å². The van der Waals surface area contributed by atoms with E-state index in [0.29, 0.717) is 12.2 Å². The number of primary amides is 1. The fourth-order valence-corrected chi connectivity index (χ4v) is 0.680. The van der Waals surface area contributed by atoms with Crippen LogP contribution in [0.3, 0.4) is 0 Å². The van der Waals surface area contributed by atoms with Gasteiger partial charge < -0.3 is 11.6 Å². The number of hydrogen-bond acceptors (Lipinski definition) is 4. The number of nitrogen functional groups attached to an aromatic ring is 1. The summed E-state index contributed by atoms with van der Waals surface area (Å²) in [6.45, 7) is 0. The second-order valence-corrected chi connectivity index (χ2v) is 2.12. The smallest absolute Gasteiger partial charge is 0.217 e. The molecule has 0 fully saturated rings. The predicted octanol–water partition coefficient (Wildman–Crippen LogP) is -1.59. The topological polar surface area (TPSA) is 99.8 Å². The van der Waals surface area contributed by atoms with Gasteiger partial charge in [0.25, 0.3) is 0 Å². The van der Waals surface area contributed by atoms with Gasteiger partial charge in [0.15, 0.2) is 5.82 Å². The van der Waals surface area contributed by atoms with Gasteiger partial charge >= 0.3 is 0 Å². The highest BCUT2D eigenvalue weighted by molar-refractivity contribution is 5.73. The molecule has 0 spiro atoms. The minimum Gasteiger partial charge on any atom is -0.370 e. The van der Waals surface area contributed by atoms with Crippen molar-refractivity contribution in [2.75, 3.05) is 5.84 Å². The Hall–Kier alpha value is -1.59. The molecule has 6 nitrogen and oxygen atoms in total. The highest BCUT2D eigenvalue weighted by Gasteiger charge is 2.02. The van der Waals surface area contributed by atoms with Gasteiger partial charge in [-0.05, 0) is 0 Å². The molecule has 0 atom stereocenters. The molecule has 1 amide bonds. The maximum Gasteiger partial charge on any atom is 0.217 e. The molecule has 0 unspecified atom stereocenters. The standard InChI is InChI=1S/C5H9N5O/c6-4(11)1-2-5-9-8-3-10(5)7/h3H,1-2,7H2,(H2,6,11). The molecule has 1 aromatic heterocycles. The zero-order chi connectivity index (χ0) is 8.27. The van der Waals surface area contributed by atoms with Crippen LogP contribution in [0.4, 0.5) is 0 Å². The van der Waals surface area contributed by atoms with Gasteiger partial charge in [-0.1, -0.05) is 0 Å². The van der Waals surface area contributed by atoms with Crippen LogP contribution in [0.15, 0.2) is 6.33 Å². The number of rotatable bonds is 3. The zero-order valence-electron chi connectivity index (χ0n) is 5.90. The normalized spacial score (nSPS) is 9.82. The van der Waals surface area contributed by atoms with Crippen molar-refractivity contribution >= 4 is 5.91 Å². The minimum absolute atomic E-state index is 0.246. The maximum atomic E-state index is 10.3. The van der Waals surface area contributed by atoms with Crippen LogP contribution in [0.1, 0.15) is 12.2 Å². The van der Waals surface area contributed by atoms with Gasteiger partial charge in [-0.25, -0.2) is 4.68 Å². The highest BCUT2D eigenvalue weighted by atomic mass is 16.1. The maximum absolute atomic E-state index is 10.3. The van der Waals surface area contributed by atoms with Gasteiger partial charge in [-0.15, -0.1) is 10.2 Å². The van der Waals surface area contributed by atoms with Crippen LogP contribution in [0.5, 0.6) is 0 Å². The number of nitrogens with two attached hydrogens (primary N) is 2. The Kier molecular flexibility index (Phi) is 2.05. The average Bonchev–Trinajstić information content (AvgIpc) is 2.31. The van der Waals surface area contributed by atoms with Crippen molar-refractivity contribution in [2.45, 2.75) is 12.8 Å². The van der Waals surface area contributed by atoms with Gasteiger partial charge in [0, 0.05) is 12.8 Å². The molecule has 1 aromatic rings. The first-order valence-corrected chi connectivity index (χ1v) is 3.12. The summed E-state index contributed by atoms with van der Waals surface area (Å²) in [6, 6.07) is 0. The summed E-state index contributed by atoms with van der Waals surface area (Å²) in [5.41, 5.74) is 4.92. The van der Waals surface area contributed by atoms with Gasteiger partial charge in [-0.2, -0.15) is 0 Å². The van der Waals surface area contributed by atoms with Crippen LogP contribution < -0.4 is 11.6 Å². The summed E-state index contributed by atoms with van der Waals surface area (Å²) < 4.78 is 1.27. The zero-order valence-corrected chi connectivity index (χ0v) is 5.90. The van der Waals surface area contributed by atoms with Gasteiger partial charge in [0.2, 0.25) is 5.91 Å². The Bertz CT molecular complexity index is 255. The second-order valence-electron chi connectivity index (χ2n) is 2.12. The molecule has 6 heteroatoms. The van der Waals surface area contributed by atoms with Crippen molar-refractivity contribution in [3.8, 4) is 0 Å². The average molecular weight is 155 g/mol. The van der Waals surface area contributed by atoms with Crippen molar-refractivity contribution in [3.05, 3.63) is 12.2 Å². The molecule has 60 valence electrons. The summed E-state index contributed by atoms with van der Waals surface area (Å²) in [5, 5.41) is 7.20. The molecule has 0 aromatic carbocycles. The molecule has 1 heterocycles. The van der Waals surface area contributed by atoms with E-state index >= 15 is 0 Å². The summed E-state index contributed by atoms with van der Waals surface area (Å²) in [5.74, 6) is 5.56. The fraction of sp³-hybridized carbons (Fsp3) is 0.400. The monoisotopic (exact) mass is 155 g/mol. The second kappa shape index (κ2) is 3.00. The molecular weight excluding hydrogens is 146 g/mol. The number of nitrogens with zero attached hydrogens (tertiary/aromatic N) is 3. The van der Waals surface area contributed by atoms with E-state index in [1.165, 1.54) is 11.0 Å². The van der Waals surface area contributed by atoms with E-state index in [2.05, 4.69) is 10.2 Å². The molecule has 0 saturated heterocycles. The third kappa shape index (κ3) is 1.92. The molecule has 11 heavy (non-hydrogen) atoms. The first-order valence-electron chi connectivity index (χ1n) is 3.12. The lowest BCUT2D eigenvalue weighted by Gasteiger charge is -1.95. The number of hydrogen-bond donors (Lipinski definition) is 2. The number of amides is 1. The Labute approximate surface area is 63.2 Å². The van der Waals surface area contributed by atoms with Gasteiger partial charge in [-0.3, -0.25) is 4.79 Å². The van der Waals surface area contributed by atoms with Crippen molar-refractivity contribution in [1.29, 1.82) is 0 Å². The summed E-state index contributed by atoms with van der Waals surface area (Å²) >= 11 is 0. The van der Waals surface area contributed by atoms with E-state index in [1.807, 2.05) is 0 Å². The number of aryl methyl sites for hydroxylation is 1. The van der Waals surface area contributed by atoms with Crippen molar-refractivity contribution in [3.63, 3.8) is 0 Å². The lowest BCUT2D eigenvalue weighted by Crippen LogP contribution is -2.16. The molecule has 0 aliphatic rings. The highest BCUT2D eigenvalue weighted by Crippen LogP contribution is 1.93. The molecule has 0 bridgehead atoms. The van der Waals surface area contributed by atoms with Crippen LogP contribution >= 0.6 is 0 Å². The molecular formula is C5H9N5O. The quantitative estimate of drug-likeness (QED) is 0.514. The number of aromatic nitrogens is 3. The largest absolute Gasteiger partial charge is 0.370 e. The van der Waals surface area contributed by atoms with Crippen molar-refractivity contribution < 1.29 is 4.79 Å². The molecule has 0 aliphatic carbocycles. The summed E-state index contributed by atoms with van der Waals surface area (Å²) in [6.07, 6.45) is 2.05. The lowest BCUT2D eigenvalue weighted by atomic mass is 10.3. The number of carbonyl (C=O) groups is 1. The molecule has 0 radical (unpaired) electrons. The Balaban J connectivity index is 2.51. The van der Waals surface area contributed by atoms with Crippen LogP contribution in [0.25, 0.3) is 0 Å².